The first kappa shape index (κ1) is 17.4. The van der Waals surface area contributed by atoms with Gasteiger partial charge in [-0.3, -0.25) is 10.1 Å². The number of hydrogen-bond donors (Lipinski definition) is 1. The van der Waals surface area contributed by atoms with Crippen LogP contribution in [0.15, 0.2) is 48.5 Å². The lowest BCUT2D eigenvalue weighted by molar-refractivity contribution is -0.116. The van der Waals surface area contributed by atoms with Crippen molar-refractivity contribution in [3.8, 4) is 11.5 Å². The number of anilines is 1. The van der Waals surface area contributed by atoms with Crippen LogP contribution in [0.5, 0.6) is 11.5 Å². The summed E-state index contributed by atoms with van der Waals surface area (Å²) in [7, 11) is 0. The maximum absolute atomic E-state index is 13.3. The van der Waals surface area contributed by atoms with E-state index in [9.17, 15) is 4.79 Å². The second kappa shape index (κ2) is 7.36. The highest BCUT2D eigenvalue weighted by Crippen LogP contribution is 2.44. The predicted molar refractivity (Wildman–Crippen MR) is 109 cm³/mol. The molecular weight excluding hydrogens is 370 g/mol. The van der Waals surface area contributed by atoms with Crippen LogP contribution in [0.2, 0.25) is 0 Å². The van der Waals surface area contributed by atoms with Crippen molar-refractivity contribution in [2.24, 2.45) is 0 Å². The Hall–Kier alpha value is -2.73. The van der Waals surface area contributed by atoms with Gasteiger partial charge in [0.25, 0.3) is 0 Å². The smallest absolute Gasteiger partial charge is 0.238 e. The number of carbonyl (C=O) groups excluding carboxylic acids is 1. The van der Waals surface area contributed by atoms with Crippen LogP contribution in [-0.4, -0.2) is 16.1 Å². The molecule has 28 heavy (non-hydrogen) atoms. The van der Waals surface area contributed by atoms with Gasteiger partial charge in [-0.25, -0.2) is 0 Å². The van der Waals surface area contributed by atoms with E-state index in [4.69, 9.17) is 4.74 Å². The zero-order valence-electron chi connectivity index (χ0n) is 15.4. The first-order valence-corrected chi connectivity index (χ1v) is 10.6. The summed E-state index contributed by atoms with van der Waals surface area (Å²) >= 11 is 1.51. The van der Waals surface area contributed by atoms with E-state index in [0.717, 1.165) is 27.6 Å². The number of aromatic nitrogens is 2. The average Bonchev–Trinajstić information content (AvgIpc) is 3.21. The van der Waals surface area contributed by atoms with E-state index in [2.05, 4.69) is 15.5 Å². The van der Waals surface area contributed by atoms with Crippen LogP contribution in [0.1, 0.15) is 60.1 Å². The molecule has 6 heteroatoms. The SMILES string of the molecule is O=C(Nc1nnc(C2CCCCC2)s1)C1c2ccccc2Oc2ccccc21. The molecule has 1 aliphatic carbocycles. The number of ether oxygens (including phenoxy) is 1. The fourth-order valence-electron chi connectivity index (χ4n) is 4.17. The van der Waals surface area contributed by atoms with Crippen molar-refractivity contribution in [3.05, 3.63) is 64.7 Å². The monoisotopic (exact) mass is 391 g/mol. The summed E-state index contributed by atoms with van der Waals surface area (Å²) < 4.78 is 5.99. The third kappa shape index (κ3) is 3.18. The normalized spacial score (nSPS) is 16.7. The van der Waals surface area contributed by atoms with Crippen molar-refractivity contribution >= 4 is 22.4 Å². The van der Waals surface area contributed by atoms with Crippen molar-refractivity contribution in [2.75, 3.05) is 5.32 Å². The fourth-order valence-corrected chi connectivity index (χ4v) is 5.08. The molecule has 2 aliphatic rings. The number of nitrogens with zero attached hydrogens (tertiary/aromatic N) is 2. The summed E-state index contributed by atoms with van der Waals surface area (Å²) in [4.78, 5) is 13.3. The molecule has 0 saturated heterocycles. The van der Waals surface area contributed by atoms with Crippen molar-refractivity contribution in [1.29, 1.82) is 0 Å². The number of hydrogen-bond acceptors (Lipinski definition) is 5. The van der Waals surface area contributed by atoms with Crippen LogP contribution in [0.25, 0.3) is 0 Å². The van der Waals surface area contributed by atoms with E-state index in [-0.39, 0.29) is 5.91 Å². The van der Waals surface area contributed by atoms with Crippen molar-refractivity contribution < 1.29 is 9.53 Å². The summed E-state index contributed by atoms with van der Waals surface area (Å²) in [5.41, 5.74) is 1.74. The molecule has 1 amide bonds. The van der Waals surface area contributed by atoms with Gasteiger partial charge in [0.1, 0.15) is 16.5 Å². The Morgan fingerprint density at radius 3 is 2.25 bits per heavy atom. The van der Waals surface area contributed by atoms with Crippen molar-refractivity contribution in [2.45, 2.75) is 43.9 Å². The topological polar surface area (TPSA) is 64.1 Å². The van der Waals surface area contributed by atoms with Gasteiger partial charge in [0.05, 0.1) is 5.92 Å². The van der Waals surface area contributed by atoms with Crippen LogP contribution in [0, 0.1) is 0 Å². The summed E-state index contributed by atoms with van der Waals surface area (Å²) in [6, 6.07) is 15.4. The van der Waals surface area contributed by atoms with Gasteiger partial charge >= 0.3 is 0 Å². The Labute approximate surface area is 167 Å². The van der Waals surface area contributed by atoms with E-state index in [0.29, 0.717) is 11.0 Å². The van der Waals surface area contributed by atoms with Gasteiger partial charge in [0, 0.05) is 17.0 Å². The van der Waals surface area contributed by atoms with Gasteiger partial charge in [-0.1, -0.05) is 67.0 Å². The Morgan fingerprint density at radius 1 is 0.929 bits per heavy atom. The Kier molecular flexibility index (Phi) is 4.56. The minimum Gasteiger partial charge on any atom is -0.457 e. The van der Waals surface area contributed by atoms with Gasteiger partial charge in [0.15, 0.2) is 0 Å². The summed E-state index contributed by atoms with van der Waals surface area (Å²) in [6.45, 7) is 0. The quantitative estimate of drug-likeness (QED) is 0.644. The lowest BCUT2D eigenvalue weighted by atomic mass is 9.87. The molecule has 2 aromatic carbocycles. The van der Waals surface area contributed by atoms with E-state index in [1.165, 1.54) is 43.4 Å². The zero-order chi connectivity index (χ0) is 18.9. The minimum absolute atomic E-state index is 0.102. The number of para-hydroxylation sites is 2. The summed E-state index contributed by atoms with van der Waals surface area (Å²) in [5, 5.41) is 13.2. The number of nitrogens with one attached hydrogen (secondary N) is 1. The molecule has 1 aliphatic heterocycles. The van der Waals surface area contributed by atoms with Crippen LogP contribution in [0.3, 0.4) is 0 Å². The predicted octanol–water partition coefficient (Wildman–Crippen LogP) is 5.46. The number of carbonyl (C=O) groups is 1. The molecule has 5 nitrogen and oxygen atoms in total. The fraction of sp³-hybridized carbons (Fsp3) is 0.318. The highest BCUT2D eigenvalue weighted by molar-refractivity contribution is 7.15. The maximum Gasteiger partial charge on any atom is 0.238 e. The van der Waals surface area contributed by atoms with Crippen LogP contribution >= 0.6 is 11.3 Å². The second-order valence-electron chi connectivity index (χ2n) is 7.38. The lowest BCUT2D eigenvalue weighted by Crippen LogP contribution is -2.25. The number of fused-ring (bicyclic) bond motifs is 2. The molecule has 1 aromatic heterocycles. The van der Waals surface area contributed by atoms with Crippen molar-refractivity contribution in [3.63, 3.8) is 0 Å². The van der Waals surface area contributed by atoms with Gasteiger partial charge in [-0.15, -0.1) is 10.2 Å². The average molecular weight is 391 g/mol. The Bertz CT molecular complexity index is 965. The number of rotatable bonds is 3. The highest BCUT2D eigenvalue weighted by Gasteiger charge is 2.33. The van der Waals surface area contributed by atoms with Gasteiger partial charge in [-0.2, -0.15) is 0 Å². The standard InChI is InChI=1S/C22H21N3O2S/c26-20(23-22-25-24-21(28-22)14-8-2-1-3-9-14)19-15-10-4-6-12-17(15)27-18-13-7-5-11-16(18)19/h4-7,10-14,19H,1-3,8-9H2,(H,23,25,26). The Morgan fingerprint density at radius 2 is 1.57 bits per heavy atom. The third-order valence-corrected chi connectivity index (χ3v) is 6.57. The van der Waals surface area contributed by atoms with Gasteiger partial charge in [-0.05, 0) is 25.0 Å². The third-order valence-electron chi connectivity index (χ3n) is 5.57. The lowest BCUT2D eigenvalue weighted by Gasteiger charge is -2.27. The number of benzene rings is 2. The molecule has 0 spiro atoms. The summed E-state index contributed by atoms with van der Waals surface area (Å²) in [6.07, 6.45) is 6.15. The first-order chi connectivity index (χ1) is 13.8. The molecule has 0 unspecified atom stereocenters. The van der Waals surface area contributed by atoms with Gasteiger partial charge in [0.2, 0.25) is 11.0 Å². The van der Waals surface area contributed by atoms with E-state index in [1.807, 2.05) is 48.5 Å². The molecule has 5 rings (SSSR count). The van der Waals surface area contributed by atoms with Crippen LogP contribution in [-0.2, 0) is 4.79 Å². The second-order valence-corrected chi connectivity index (χ2v) is 8.39. The molecule has 1 N–H and O–H groups in total. The molecule has 142 valence electrons. The molecule has 1 saturated carbocycles. The van der Waals surface area contributed by atoms with E-state index < -0.39 is 5.92 Å². The Balaban J connectivity index is 1.42. The van der Waals surface area contributed by atoms with Gasteiger partial charge < -0.3 is 4.74 Å². The molecule has 2 heterocycles. The first-order valence-electron chi connectivity index (χ1n) is 9.79. The minimum atomic E-state index is -0.428. The zero-order valence-corrected chi connectivity index (χ0v) is 16.2. The molecule has 0 atom stereocenters. The molecule has 1 fully saturated rings. The largest absolute Gasteiger partial charge is 0.457 e. The molecular formula is C22H21N3O2S. The molecule has 0 bridgehead atoms. The maximum atomic E-state index is 13.3. The van der Waals surface area contributed by atoms with E-state index >= 15 is 0 Å². The van der Waals surface area contributed by atoms with E-state index in [1.54, 1.807) is 0 Å². The summed E-state index contributed by atoms with van der Waals surface area (Å²) in [5.74, 6) is 1.40. The van der Waals surface area contributed by atoms with Crippen molar-refractivity contribution in [1.82, 2.24) is 10.2 Å². The number of amides is 1. The van der Waals surface area contributed by atoms with Crippen LogP contribution in [0.4, 0.5) is 5.13 Å². The van der Waals surface area contributed by atoms with Crippen LogP contribution < -0.4 is 10.1 Å². The highest BCUT2D eigenvalue weighted by atomic mass is 32.1. The molecule has 3 aromatic rings. The molecule has 0 radical (unpaired) electrons.